The number of rotatable bonds is 9. The number of hydrogen-bond donors (Lipinski definition) is 1. The zero-order chi connectivity index (χ0) is 24.0. The summed E-state index contributed by atoms with van der Waals surface area (Å²) in [5, 5.41) is 2.89. The highest BCUT2D eigenvalue weighted by atomic mass is 32.2. The predicted molar refractivity (Wildman–Crippen MR) is 134 cm³/mol. The van der Waals surface area contributed by atoms with Gasteiger partial charge in [-0.2, -0.15) is 0 Å². The summed E-state index contributed by atoms with van der Waals surface area (Å²) in [6, 6.07) is 18.8. The maximum Gasteiger partial charge on any atom is 0.264 e. The Labute approximate surface area is 200 Å². The van der Waals surface area contributed by atoms with Crippen molar-refractivity contribution >= 4 is 27.4 Å². The van der Waals surface area contributed by atoms with Gasteiger partial charge in [-0.1, -0.05) is 30.3 Å². The van der Waals surface area contributed by atoms with Crippen molar-refractivity contribution in [3.63, 3.8) is 0 Å². The number of nitrogens with zero attached hydrogens (tertiary/aromatic N) is 3. The lowest BCUT2D eigenvalue weighted by Crippen LogP contribution is -2.31. The van der Waals surface area contributed by atoms with Crippen LogP contribution in [0.2, 0.25) is 0 Å². The number of benzene rings is 2. The molecule has 34 heavy (non-hydrogen) atoms. The molecule has 0 aliphatic carbocycles. The van der Waals surface area contributed by atoms with Gasteiger partial charge in [0.1, 0.15) is 5.82 Å². The molecule has 1 aliphatic rings. The topological polar surface area (TPSA) is 82.6 Å². The second kappa shape index (κ2) is 10.5. The van der Waals surface area contributed by atoms with Crippen LogP contribution in [-0.2, 0) is 16.6 Å². The van der Waals surface area contributed by atoms with Crippen LogP contribution in [0.5, 0.6) is 0 Å². The molecule has 1 saturated heterocycles. The molecule has 1 N–H and O–H groups in total. The van der Waals surface area contributed by atoms with Crippen LogP contribution in [0.4, 0.5) is 11.5 Å². The van der Waals surface area contributed by atoms with E-state index in [2.05, 4.69) is 21.8 Å². The molecule has 0 atom stereocenters. The zero-order valence-corrected chi connectivity index (χ0v) is 19.7. The van der Waals surface area contributed by atoms with Gasteiger partial charge in [0.25, 0.3) is 15.9 Å². The number of anilines is 2. The quantitative estimate of drug-likeness (QED) is 0.472. The van der Waals surface area contributed by atoms with Gasteiger partial charge in [0.15, 0.2) is 0 Å². The number of aromatic nitrogens is 1. The molecule has 0 radical (unpaired) electrons. The third-order valence-corrected chi connectivity index (χ3v) is 7.51. The zero-order valence-electron chi connectivity index (χ0n) is 18.9. The van der Waals surface area contributed by atoms with Crippen LogP contribution < -0.4 is 14.5 Å². The number of para-hydroxylation sites is 1. The Morgan fingerprint density at radius 3 is 2.56 bits per heavy atom. The fraction of sp³-hybridized carbons (Fsp3) is 0.231. The lowest BCUT2D eigenvalue weighted by molar-refractivity contribution is 0.0950. The summed E-state index contributed by atoms with van der Waals surface area (Å²) in [6.07, 6.45) is 5.61. The third-order valence-electron chi connectivity index (χ3n) is 5.72. The normalized spacial score (nSPS) is 13.5. The molecule has 8 heteroatoms. The first-order valence-corrected chi connectivity index (χ1v) is 12.7. The summed E-state index contributed by atoms with van der Waals surface area (Å²) >= 11 is 0. The van der Waals surface area contributed by atoms with Crippen LogP contribution >= 0.6 is 0 Å². The van der Waals surface area contributed by atoms with E-state index in [0.717, 1.165) is 37.3 Å². The van der Waals surface area contributed by atoms with Crippen LogP contribution in [0.25, 0.3) is 0 Å². The Kier molecular flexibility index (Phi) is 7.27. The first kappa shape index (κ1) is 23.5. The standard InChI is InChI=1S/C26H28N4O3S/c1-2-15-30(23-10-4-3-5-11-23)34(32,33)24-12-8-9-22(19-24)26(31)28-20-21-13-14-27-25(18-21)29-16-6-7-17-29/h2-5,8-14,18-19H,1,6-7,15-17,20H2,(H,28,31). The van der Waals surface area contributed by atoms with Gasteiger partial charge in [-0.05, 0) is 60.9 Å². The summed E-state index contributed by atoms with van der Waals surface area (Å²) in [4.78, 5) is 19.6. The summed E-state index contributed by atoms with van der Waals surface area (Å²) in [6.45, 7) is 6.12. The number of carbonyl (C=O) groups is 1. The first-order chi connectivity index (χ1) is 16.5. The van der Waals surface area contributed by atoms with Crippen molar-refractivity contribution in [1.29, 1.82) is 0 Å². The lowest BCUT2D eigenvalue weighted by Gasteiger charge is -2.23. The van der Waals surface area contributed by atoms with Crippen molar-refractivity contribution in [2.24, 2.45) is 0 Å². The highest BCUT2D eigenvalue weighted by Crippen LogP contribution is 2.24. The first-order valence-electron chi connectivity index (χ1n) is 11.3. The number of hydrogen-bond acceptors (Lipinski definition) is 5. The average Bonchev–Trinajstić information content (AvgIpc) is 3.42. The summed E-state index contributed by atoms with van der Waals surface area (Å²) in [7, 11) is -3.89. The fourth-order valence-corrected chi connectivity index (χ4v) is 5.43. The van der Waals surface area contributed by atoms with Gasteiger partial charge < -0.3 is 10.2 Å². The number of sulfonamides is 1. The Bertz CT molecular complexity index is 1260. The maximum atomic E-state index is 13.4. The van der Waals surface area contributed by atoms with E-state index in [4.69, 9.17) is 0 Å². The van der Waals surface area contributed by atoms with Gasteiger partial charge in [-0.25, -0.2) is 13.4 Å². The minimum Gasteiger partial charge on any atom is -0.357 e. The van der Waals surface area contributed by atoms with E-state index in [9.17, 15) is 13.2 Å². The highest BCUT2D eigenvalue weighted by molar-refractivity contribution is 7.92. The summed E-state index contributed by atoms with van der Waals surface area (Å²) < 4.78 is 28.0. The van der Waals surface area contributed by atoms with Crippen LogP contribution in [0, 0.1) is 0 Å². The molecule has 2 aromatic carbocycles. The van der Waals surface area contributed by atoms with Gasteiger partial charge in [0.05, 0.1) is 17.1 Å². The largest absolute Gasteiger partial charge is 0.357 e. The van der Waals surface area contributed by atoms with Gasteiger partial charge in [0, 0.05) is 31.4 Å². The van der Waals surface area contributed by atoms with E-state index < -0.39 is 10.0 Å². The fourth-order valence-electron chi connectivity index (χ4n) is 3.95. The number of nitrogens with one attached hydrogen (secondary N) is 1. The van der Waals surface area contributed by atoms with Crippen LogP contribution in [0.1, 0.15) is 28.8 Å². The molecular formula is C26H28N4O3S. The Hall–Kier alpha value is -3.65. The SMILES string of the molecule is C=CCN(c1ccccc1)S(=O)(=O)c1cccc(C(=O)NCc2ccnc(N3CCCC3)c2)c1. The third kappa shape index (κ3) is 5.28. The number of carbonyl (C=O) groups excluding carboxylic acids is 1. The summed E-state index contributed by atoms with van der Waals surface area (Å²) in [5.41, 5.74) is 1.75. The molecule has 0 bridgehead atoms. The maximum absolute atomic E-state index is 13.4. The van der Waals surface area contributed by atoms with E-state index in [0.29, 0.717) is 12.2 Å². The minimum absolute atomic E-state index is 0.0473. The second-order valence-electron chi connectivity index (χ2n) is 8.09. The highest BCUT2D eigenvalue weighted by Gasteiger charge is 2.25. The van der Waals surface area contributed by atoms with Gasteiger partial charge in [0.2, 0.25) is 0 Å². The van der Waals surface area contributed by atoms with E-state index >= 15 is 0 Å². The molecule has 3 aromatic rings. The molecule has 1 aromatic heterocycles. The van der Waals surface area contributed by atoms with Crippen molar-refractivity contribution in [2.45, 2.75) is 24.3 Å². The molecule has 0 unspecified atom stereocenters. The smallest absolute Gasteiger partial charge is 0.264 e. The average molecular weight is 477 g/mol. The summed E-state index contributed by atoms with van der Waals surface area (Å²) in [5.74, 6) is 0.576. The molecule has 4 rings (SSSR count). The number of pyridine rings is 1. The Morgan fingerprint density at radius 2 is 1.82 bits per heavy atom. The number of amides is 1. The predicted octanol–water partition coefficient (Wildman–Crippen LogP) is 3.99. The Balaban J connectivity index is 1.50. The van der Waals surface area contributed by atoms with Gasteiger partial charge in [-0.15, -0.1) is 6.58 Å². The second-order valence-corrected chi connectivity index (χ2v) is 9.95. The van der Waals surface area contributed by atoms with E-state index in [1.54, 1.807) is 42.6 Å². The van der Waals surface area contributed by atoms with Crippen LogP contribution in [0.15, 0.2) is 90.5 Å². The molecule has 0 saturated carbocycles. The molecule has 176 valence electrons. The minimum atomic E-state index is -3.89. The van der Waals surface area contributed by atoms with Crippen molar-refractivity contribution in [1.82, 2.24) is 10.3 Å². The van der Waals surface area contributed by atoms with E-state index in [1.165, 1.54) is 22.5 Å². The molecule has 1 aliphatic heterocycles. The molecule has 0 spiro atoms. The van der Waals surface area contributed by atoms with Crippen LogP contribution in [0.3, 0.4) is 0 Å². The monoisotopic (exact) mass is 476 g/mol. The lowest BCUT2D eigenvalue weighted by atomic mass is 10.2. The van der Waals surface area contributed by atoms with Gasteiger partial charge in [-0.3, -0.25) is 9.10 Å². The van der Waals surface area contributed by atoms with Crippen molar-refractivity contribution in [2.75, 3.05) is 28.8 Å². The molecule has 1 fully saturated rings. The molecule has 2 heterocycles. The van der Waals surface area contributed by atoms with Crippen LogP contribution in [-0.4, -0.2) is 38.9 Å². The van der Waals surface area contributed by atoms with Crippen molar-refractivity contribution in [3.8, 4) is 0 Å². The Morgan fingerprint density at radius 1 is 1.06 bits per heavy atom. The van der Waals surface area contributed by atoms with Crippen molar-refractivity contribution < 1.29 is 13.2 Å². The van der Waals surface area contributed by atoms with E-state index in [-0.39, 0.29) is 22.9 Å². The van der Waals surface area contributed by atoms with Crippen molar-refractivity contribution in [3.05, 3.63) is 96.7 Å². The van der Waals surface area contributed by atoms with Gasteiger partial charge >= 0.3 is 0 Å². The molecular weight excluding hydrogens is 448 g/mol. The molecule has 7 nitrogen and oxygen atoms in total. The molecule has 1 amide bonds. The van der Waals surface area contributed by atoms with E-state index in [1.807, 2.05) is 18.2 Å².